The van der Waals surface area contributed by atoms with E-state index in [1.165, 1.54) is 11.3 Å². The molecule has 0 unspecified atom stereocenters. The van der Waals surface area contributed by atoms with E-state index in [9.17, 15) is 4.79 Å². The number of aromatic nitrogens is 1. The number of anilines is 1. The molecule has 0 aliphatic carbocycles. The average Bonchev–Trinajstić information content (AvgIpc) is 2.81. The molecule has 0 aliphatic rings. The molecule has 0 bridgehead atoms. The van der Waals surface area contributed by atoms with Crippen LogP contribution in [-0.4, -0.2) is 17.5 Å². The molecule has 18 heavy (non-hydrogen) atoms. The highest BCUT2D eigenvalue weighted by Gasteiger charge is 2.04. The van der Waals surface area contributed by atoms with E-state index in [0.717, 1.165) is 0 Å². The van der Waals surface area contributed by atoms with Gasteiger partial charge in [0.05, 0.1) is 0 Å². The van der Waals surface area contributed by atoms with E-state index in [0.29, 0.717) is 15.9 Å². The molecule has 7 heteroatoms. The second kappa shape index (κ2) is 7.20. The van der Waals surface area contributed by atoms with Gasteiger partial charge in [-0.3, -0.25) is 10.1 Å². The largest absolute Gasteiger partial charge is 0.484 e. The molecule has 1 amide bonds. The quantitative estimate of drug-likeness (QED) is 0.943. The second-order valence-corrected chi connectivity index (χ2v) is 4.46. The number of amides is 1. The number of ether oxygens (including phenoxy) is 1. The van der Waals surface area contributed by atoms with Gasteiger partial charge in [-0.2, -0.15) is 0 Å². The summed E-state index contributed by atoms with van der Waals surface area (Å²) in [6, 6.07) is 6.82. The Morgan fingerprint density at radius 2 is 2.11 bits per heavy atom. The predicted octanol–water partition coefficient (Wildman–Crippen LogP) is 3.24. The highest BCUT2D eigenvalue weighted by molar-refractivity contribution is 7.13. The molecule has 0 saturated carbocycles. The summed E-state index contributed by atoms with van der Waals surface area (Å²) in [5, 5.41) is 5.60. The highest BCUT2D eigenvalue weighted by Crippen LogP contribution is 2.15. The van der Waals surface area contributed by atoms with Crippen molar-refractivity contribution in [2.75, 3.05) is 11.9 Å². The van der Waals surface area contributed by atoms with Crippen LogP contribution in [0.3, 0.4) is 0 Å². The van der Waals surface area contributed by atoms with Crippen LogP contribution >= 0.6 is 35.3 Å². The molecule has 0 spiro atoms. The minimum Gasteiger partial charge on any atom is -0.484 e. The van der Waals surface area contributed by atoms with Crippen molar-refractivity contribution in [1.82, 2.24) is 4.98 Å². The summed E-state index contributed by atoms with van der Waals surface area (Å²) in [6.45, 7) is -0.0544. The van der Waals surface area contributed by atoms with Crippen molar-refractivity contribution in [3.8, 4) is 5.75 Å². The number of halogens is 2. The molecule has 0 aliphatic heterocycles. The maximum Gasteiger partial charge on any atom is 0.264 e. The van der Waals surface area contributed by atoms with Crippen LogP contribution in [0.5, 0.6) is 5.75 Å². The van der Waals surface area contributed by atoms with Gasteiger partial charge in [-0.05, 0) is 24.3 Å². The smallest absolute Gasteiger partial charge is 0.264 e. The van der Waals surface area contributed by atoms with E-state index in [2.05, 4.69) is 10.3 Å². The summed E-state index contributed by atoms with van der Waals surface area (Å²) in [5.41, 5.74) is 0. The second-order valence-electron chi connectivity index (χ2n) is 3.13. The molecule has 2 aromatic rings. The van der Waals surface area contributed by atoms with Crippen molar-refractivity contribution in [3.05, 3.63) is 40.9 Å². The Labute approximate surface area is 119 Å². The molecule has 1 N–H and O–H groups in total. The maximum absolute atomic E-state index is 11.5. The SMILES string of the molecule is Cl.O=C(COc1ccc(Cl)cc1)Nc1nccs1. The third kappa shape index (κ3) is 4.52. The van der Waals surface area contributed by atoms with Crippen LogP contribution in [0.15, 0.2) is 35.8 Å². The predicted molar refractivity (Wildman–Crippen MR) is 74.9 cm³/mol. The van der Waals surface area contributed by atoms with Crippen molar-refractivity contribution in [1.29, 1.82) is 0 Å². The normalized spacial score (nSPS) is 9.39. The number of hydrogen-bond donors (Lipinski definition) is 1. The maximum atomic E-state index is 11.5. The molecule has 4 nitrogen and oxygen atoms in total. The summed E-state index contributed by atoms with van der Waals surface area (Å²) in [6.07, 6.45) is 1.63. The Balaban J connectivity index is 0.00000162. The Kier molecular flexibility index (Phi) is 5.91. The highest BCUT2D eigenvalue weighted by atomic mass is 35.5. The van der Waals surface area contributed by atoms with Crippen molar-refractivity contribution >= 4 is 46.4 Å². The molecular formula is C11H10Cl2N2O2S. The summed E-state index contributed by atoms with van der Waals surface area (Å²) >= 11 is 7.09. The van der Waals surface area contributed by atoms with E-state index in [1.54, 1.807) is 35.8 Å². The monoisotopic (exact) mass is 304 g/mol. The van der Waals surface area contributed by atoms with Crippen LogP contribution in [0.1, 0.15) is 0 Å². The van der Waals surface area contributed by atoms with Crippen LogP contribution in [0.4, 0.5) is 5.13 Å². The van der Waals surface area contributed by atoms with E-state index >= 15 is 0 Å². The number of rotatable bonds is 4. The van der Waals surface area contributed by atoms with Crippen LogP contribution in [-0.2, 0) is 4.79 Å². The van der Waals surface area contributed by atoms with Crippen molar-refractivity contribution in [2.45, 2.75) is 0 Å². The van der Waals surface area contributed by atoms with Gasteiger partial charge < -0.3 is 4.74 Å². The van der Waals surface area contributed by atoms with Gasteiger partial charge in [0.2, 0.25) is 0 Å². The average molecular weight is 305 g/mol. The summed E-state index contributed by atoms with van der Waals surface area (Å²) in [7, 11) is 0. The molecule has 0 saturated heterocycles. The molecule has 1 aromatic carbocycles. The molecule has 1 aromatic heterocycles. The van der Waals surface area contributed by atoms with Crippen molar-refractivity contribution in [2.24, 2.45) is 0 Å². The first-order valence-electron chi connectivity index (χ1n) is 4.82. The van der Waals surface area contributed by atoms with Gasteiger partial charge in [-0.25, -0.2) is 4.98 Å². The fraction of sp³-hybridized carbons (Fsp3) is 0.0909. The van der Waals surface area contributed by atoms with E-state index in [4.69, 9.17) is 16.3 Å². The fourth-order valence-corrected chi connectivity index (χ4v) is 1.79. The number of benzene rings is 1. The summed E-state index contributed by atoms with van der Waals surface area (Å²) in [5.74, 6) is 0.360. The zero-order valence-corrected chi connectivity index (χ0v) is 11.5. The molecule has 1 heterocycles. The topological polar surface area (TPSA) is 51.2 Å². The van der Waals surface area contributed by atoms with Gasteiger partial charge in [0.1, 0.15) is 5.75 Å². The minimum atomic E-state index is -0.241. The zero-order chi connectivity index (χ0) is 12.1. The van der Waals surface area contributed by atoms with Gasteiger partial charge in [0.25, 0.3) is 5.91 Å². The van der Waals surface area contributed by atoms with Gasteiger partial charge in [0, 0.05) is 16.6 Å². The third-order valence-corrected chi connectivity index (χ3v) is 2.80. The number of nitrogens with zero attached hydrogens (tertiary/aromatic N) is 1. The number of hydrogen-bond acceptors (Lipinski definition) is 4. The fourth-order valence-electron chi connectivity index (χ4n) is 1.12. The Morgan fingerprint density at radius 3 is 2.72 bits per heavy atom. The van der Waals surface area contributed by atoms with Crippen LogP contribution in [0.25, 0.3) is 0 Å². The van der Waals surface area contributed by atoms with Gasteiger partial charge in [-0.1, -0.05) is 11.6 Å². The standard InChI is InChI=1S/C11H9ClN2O2S.ClH/c12-8-1-3-9(4-2-8)16-7-10(15)14-11-13-5-6-17-11;/h1-6H,7H2,(H,13,14,15);1H. The molecule has 2 rings (SSSR count). The first-order chi connectivity index (χ1) is 8.24. The first-order valence-corrected chi connectivity index (χ1v) is 6.07. The number of nitrogens with one attached hydrogen (secondary N) is 1. The van der Waals surface area contributed by atoms with Crippen LogP contribution in [0.2, 0.25) is 5.02 Å². The van der Waals surface area contributed by atoms with E-state index in [1.807, 2.05) is 0 Å². The summed E-state index contributed by atoms with van der Waals surface area (Å²) < 4.78 is 5.28. The molecule has 0 fully saturated rings. The Morgan fingerprint density at radius 1 is 1.39 bits per heavy atom. The van der Waals surface area contributed by atoms with Gasteiger partial charge in [-0.15, -0.1) is 23.7 Å². The number of carbonyl (C=O) groups excluding carboxylic acids is 1. The van der Waals surface area contributed by atoms with Crippen molar-refractivity contribution in [3.63, 3.8) is 0 Å². The number of carbonyl (C=O) groups is 1. The molecular weight excluding hydrogens is 295 g/mol. The molecule has 96 valence electrons. The van der Waals surface area contributed by atoms with Crippen LogP contribution < -0.4 is 10.1 Å². The van der Waals surface area contributed by atoms with Gasteiger partial charge >= 0.3 is 0 Å². The third-order valence-electron chi connectivity index (χ3n) is 1.86. The van der Waals surface area contributed by atoms with Crippen LogP contribution in [0, 0.1) is 0 Å². The Hall–Kier alpha value is -1.30. The lowest BCUT2D eigenvalue weighted by molar-refractivity contribution is -0.118. The zero-order valence-electron chi connectivity index (χ0n) is 9.13. The van der Waals surface area contributed by atoms with Gasteiger partial charge in [0.15, 0.2) is 11.7 Å². The van der Waals surface area contributed by atoms with E-state index in [-0.39, 0.29) is 24.9 Å². The summed E-state index contributed by atoms with van der Waals surface area (Å²) in [4.78, 5) is 15.4. The first kappa shape index (κ1) is 14.8. The minimum absolute atomic E-state index is 0. The van der Waals surface area contributed by atoms with E-state index < -0.39 is 0 Å². The lowest BCUT2D eigenvalue weighted by Crippen LogP contribution is -2.19. The lowest BCUT2D eigenvalue weighted by atomic mass is 10.3. The molecule has 0 radical (unpaired) electrons. The van der Waals surface area contributed by atoms with Crippen molar-refractivity contribution < 1.29 is 9.53 Å². The lowest BCUT2D eigenvalue weighted by Gasteiger charge is -2.05. The molecule has 0 atom stereocenters. The Bertz CT molecular complexity index is 488. The number of thiazole rings is 1.